The van der Waals surface area contributed by atoms with Crippen LogP contribution in [0.2, 0.25) is 0 Å². The zero-order chi connectivity index (χ0) is 29.0. The van der Waals surface area contributed by atoms with Gasteiger partial charge in [0.2, 0.25) is 11.8 Å². The van der Waals surface area contributed by atoms with Crippen LogP contribution in [0.5, 0.6) is 5.88 Å². The lowest BCUT2D eigenvalue weighted by molar-refractivity contribution is -0.126. The van der Waals surface area contributed by atoms with Crippen LogP contribution in [0.25, 0.3) is 10.6 Å². The number of pyridine rings is 1. The maximum Gasteiger partial charge on any atom is 0.246 e. The number of hydrogen-bond acceptors (Lipinski definition) is 8. The van der Waals surface area contributed by atoms with E-state index in [0.717, 1.165) is 43.2 Å². The lowest BCUT2D eigenvalue weighted by Gasteiger charge is -2.47. The van der Waals surface area contributed by atoms with Crippen molar-refractivity contribution in [1.82, 2.24) is 20.6 Å². The summed E-state index contributed by atoms with van der Waals surface area (Å²) < 4.78 is 26.0. The number of hydrogen-bond donors (Lipinski definition) is 3. The first-order valence-electron chi connectivity index (χ1n) is 14.3. The third-order valence-corrected chi connectivity index (χ3v) is 8.68. The van der Waals surface area contributed by atoms with E-state index < -0.39 is 18.0 Å². The fraction of sp³-hybridized carbons (Fsp3) is 0.516. The van der Waals surface area contributed by atoms with Crippen LogP contribution in [0, 0.1) is 11.7 Å². The van der Waals surface area contributed by atoms with Gasteiger partial charge in [0.25, 0.3) is 0 Å². The zero-order valence-electron chi connectivity index (χ0n) is 23.9. The number of carbonyl (C=O) groups excluding carboxylic acids is 1. The summed E-state index contributed by atoms with van der Waals surface area (Å²) in [6.45, 7) is 4.45. The predicted octanol–water partition coefficient (Wildman–Crippen LogP) is 4.61. The summed E-state index contributed by atoms with van der Waals surface area (Å²) in [4.78, 5) is 21.5. The van der Waals surface area contributed by atoms with E-state index in [4.69, 9.17) is 9.47 Å². The molecule has 0 unspecified atom stereocenters. The van der Waals surface area contributed by atoms with Crippen molar-refractivity contribution in [2.75, 3.05) is 20.3 Å². The molecule has 1 fully saturated rings. The van der Waals surface area contributed by atoms with E-state index in [-0.39, 0.29) is 37.1 Å². The zero-order valence-corrected chi connectivity index (χ0v) is 24.7. The number of aromatic nitrogens is 2. The van der Waals surface area contributed by atoms with E-state index in [1.54, 1.807) is 6.20 Å². The van der Waals surface area contributed by atoms with Gasteiger partial charge in [-0.3, -0.25) is 4.79 Å². The van der Waals surface area contributed by atoms with Crippen molar-refractivity contribution in [2.45, 2.75) is 76.2 Å². The van der Waals surface area contributed by atoms with Gasteiger partial charge in [0.1, 0.15) is 23.0 Å². The van der Waals surface area contributed by atoms with Crippen molar-refractivity contribution >= 4 is 17.2 Å². The Balaban J connectivity index is 1.34. The molecule has 3 N–H and O–H groups in total. The first-order chi connectivity index (χ1) is 19.7. The van der Waals surface area contributed by atoms with Gasteiger partial charge in [-0.1, -0.05) is 13.8 Å². The second-order valence-electron chi connectivity index (χ2n) is 11.7. The number of benzene rings is 1. The van der Waals surface area contributed by atoms with E-state index in [9.17, 15) is 14.3 Å². The fourth-order valence-corrected chi connectivity index (χ4v) is 6.43. The quantitative estimate of drug-likeness (QED) is 0.286. The Bertz CT molecular complexity index is 1330. The molecule has 1 aliphatic carbocycles. The molecule has 1 amide bonds. The molecule has 41 heavy (non-hydrogen) atoms. The van der Waals surface area contributed by atoms with E-state index in [2.05, 4.69) is 40.5 Å². The number of aliphatic hydroxyl groups excluding tert-OH is 1. The molecule has 220 valence electrons. The van der Waals surface area contributed by atoms with Crippen LogP contribution < -0.4 is 15.4 Å². The first kappa shape index (κ1) is 29.6. The number of halogens is 1. The van der Waals surface area contributed by atoms with E-state index in [0.29, 0.717) is 27.9 Å². The van der Waals surface area contributed by atoms with Gasteiger partial charge < -0.3 is 25.2 Å². The highest BCUT2D eigenvalue weighted by molar-refractivity contribution is 7.13. The van der Waals surface area contributed by atoms with E-state index in [1.807, 2.05) is 17.6 Å². The van der Waals surface area contributed by atoms with Crippen LogP contribution in [0.15, 0.2) is 42.0 Å². The number of rotatable bonds is 12. The van der Waals surface area contributed by atoms with Gasteiger partial charge in [-0.2, -0.15) is 0 Å². The summed E-state index contributed by atoms with van der Waals surface area (Å²) in [5.41, 5.74) is 3.27. The molecule has 3 atom stereocenters. The Hall–Kier alpha value is -2.92. The molecule has 8 nitrogen and oxygen atoms in total. The number of aliphatic hydroxyl groups is 1. The number of amides is 1. The second-order valence-corrected chi connectivity index (χ2v) is 12.6. The summed E-state index contributed by atoms with van der Waals surface area (Å²) in [6, 6.07) is 6.19. The Kier molecular flexibility index (Phi) is 9.33. The average Bonchev–Trinajstić information content (AvgIpc) is 3.45. The summed E-state index contributed by atoms with van der Waals surface area (Å²) in [6.07, 6.45) is 7.69. The molecule has 3 aromatic rings. The van der Waals surface area contributed by atoms with Crippen LogP contribution in [0.1, 0.15) is 62.3 Å². The minimum absolute atomic E-state index is 0.0469. The molecule has 1 spiro atoms. The molecule has 10 heteroatoms. The molecular weight excluding hydrogens is 543 g/mol. The number of ether oxygens (including phenoxy) is 2. The summed E-state index contributed by atoms with van der Waals surface area (Å²) in [7, 11) is 1.44. The van der Waals surface area contributed by atoms with Crippen LogP contribution in [-0.4, -0.2) is 59.0 Å². The number of nitrogens with one attached hydrogen (secondary N) is 2. The Morgan fingerprint density at radius 1 is 1.22 bits per heavy atom. The maximum atomic E-state index is 14.6. The van der Waals surface area contributed by atoms with Crippen LogP contribution >= 0.6 is 11.3 Å². The van der Waals surface area contributed by atoms with Crippen molar-refractivity contribution < 1.29 is 23.8 Å². The fourth-order valence-electron chi connectivity index (χ4n) is 5.80. The van der Waals surface area contributed by atoms with Gasteiger partial charge in [-0.05, 0) is 73.4 Å². The van der Waals surface area contributed by atoms with Crippen molar-refractivity contribution in [2.24, 2.45) is 5.92 Å². The molecule has 1 saturated carbocycles. The highest BCUT2D eigenvalue weighted by atomic mass is 32.1. The Labute approximate surface area is 244 Å². The van der Waals surface area contributed by atoms with Gasteiger partial charge in [0, 0.05) is 55.0 Å². The van der Waals surface area contributed by atoms with Crippen molar-refractivity contribution in [1.29, 1.82) is 0 Å². The standard InChI is InChI=1S/C31H39FN4O4S/c1-19(2)9-21-12-24-26(15-31(5-4-6-31)40-29(24)35-16-21)34-17-27(37)25(36-28(38)18-39-3)13-20-10-22(14-23(32)11-20)30-33-7-8-41-30/h7-8,10-12,14,16,19,25-27,34,37H,4-6,9,13,15,17-18H2,1-3H3,(H,36,38)/t25-,26-,27-/m0/s1. The summed E-state index contributed by atoms with van der Waals surface area (Å²) in [5.74, 6) is 0.424. The van der Waals surface area contributed by atoms with Gasteiger partial charge in [0.15, 0.2) is 0 Å². The largest absolute Gasteiger partial charge is 0.471 e. The third-order valence-electron chi connectivity index (χ3n) is 7.86. The van der Waals surface area contributed by atoms with Crippen molar-refractivity contribution in [3.05, 3.63) is 64.5 Å². The van der Waals surface area contributed by atoms with Gasteiger partial charge in [0.05, 0.1) is 12.1 Å². The van der Waals surface area contributed by atoms with E-state index in [1.165, 1.54) is 30.6 Å². The topological polar surface area (TPSA) is 106 Å². The van der Waals surface area contributed by atoms with E-state index >= 15 is 0 Å². The molecule has 0 radical (unpaired) electrons. The SMILES string of the molecule is COCC(=O)N[C@@H](Cc1cc(F)cc(-c2nccs2)c1)[C@@H](O)CN[C@H]1CC2(CCC2)Oc2ncc(CC(C)C)cc21. The Morgan fingerprint density at radius 2 is 2.05 bits per heavy atom. The number of thiazole rings is 1. The smallest absolute Gasteiger partial charge is 0.246 e. The predicted molar refractivity (Wildman–Crippen MR) is 156 cm³/mol. The molecule has 2 aromatic heterocycles. The molecule has 1 aliphatic heterocycles. The monoisotopic (exact) mass is 582 g/mol. The van der Waals surface area contributed by atoms with Crippen LogP contribution in [0.4, 0.5) is 4.39 Å². The number of nitrogens with zero attached hydrogens (tertiary/aromatic N) is 2. The average molecular weight is 583 g/mol. The highest BCUT2D eigenvalue weighted by Gasteiger charge is 2.46. The van der Waals surface area contributed by atoms with Crippen LogP contribution in [0.3, 0.4) is 0 Å². The summed E-state index contributed by atoms with van der Waals surface area (Å²) >= 11 is 1.43. The molecule has 1 aromatic carbocycles. The summed E-state index contributed by atoms with van der Waals surface area (Å²) in [5, 5.41) is 20.4. The molecule has 3 heterocycles. The van der Waals surface area contributed by atoms with Gasteiger partial charge in [-0.25, -0.2) is 14.4 Å². The lowest BCUT2D eigenvalue weighted by atomic mass is 9.73. The maximum absolute atomic E-state index is 14.6. The lowest BCUT2D eigenvalue weighted by Crippen LogP contribution is -2.52. The van der Waals surface area contributed by atoms with Gasteiger partial charge >= 0.3 is 0 Å². The second kappa shape index (κ2) is 12.9. The van der Waals surface area contributed by atoms with Crippen LogP contribution in [-0.2, 0) is 22.4 Å². The molecule has 5 rings (SSSR count). The molecular formula is C31H39FN4O4S. The highest BCUT2D eigenvalue weighted by Crippen LogP contribution is 2.48. The molecule has 0 bridgehead atoms. The van der Waals surface area contributed by atoms with Crippen molar-refractivity contribution in [3.8, 4) is 16.5 Å². The molecule has 0 saturated heterocycles. The minimum atomic E-state index is -0.946. The Morgan fingerprint density at radius 3 is 2.73 bits per heavy atom. The normalized spacial score (nSPS) is 18.8. The van der Waals surface area contributed by atoms with Gasteiger partial charge in [-0.15, -0.1) is 11.3 Å². The first-order valence-corrected chi connectivity index (χ1v) is 15.2. The number of methoxy groups -OCH3 is 1. The third kappa shape index (κ3) is 7.30. The van der Waals surface area contributed by atoms with Crippen molar-refractivity contribution in [3.63, 3.8) is 0 Å². The molecule has 2 aliphatic rings. The minimum Gasteiger partial charge on any atom is -0.471 e. The number of carbonyl (C=O) groups is 1. The number of fused-ring (bicyclic) bond motifs is 1.